The van der Waals surface area contributed by atoms with Gasteiger partial charge in [0.05, 0.1) is 13.2 Å². The van der Waals surface area contributed by atoms with Crippen molar-refractivity contribution in [3.63, 3.8) is 0 Å². The van der Waals surface area contributed by atoms with E-state index in [2.05, 4.69) is 29.0 Å². The van der Waals surface area contributed by atoms with Crippen molar-refractivity contribution < 1.29 is 4.74 Å². The standard InChI is InChI=1S/C13H21N3O/c1-15-7-8-16(12(9-14)10-15)11-3-5-13(17-2)6-4-11/h3-6,12H,7-10,14H2,1-2H3. The molecule has 1 heterocycles. The Morgan fingerprint density at radius 3 is 2.59 bits per heavy atom. The number of benzene rings is 1. The maximum Gasteiger partial charge on any atom is 0.119 e. The molecule has 0 bridgehead atoms. The number of methoxy groups -OCH3 is 1. The van der Waals surface area contributed by atoms with Gasteiger partial charge in [0.2, 0.25) is 0 Å². The van der Waals surface area contributed by atoms with Gasteiger partial charge in [-0.15, -0.1) is 0 Å². The van der Waals surface area contributed by atoms with Crippen molar-refractivity contribution >= 4 is 5.69 Å². The molecule has 1 unspecified atom stereocenters. The number of piperazine rings is 1. The van der Waals surface area contributed by atoms with Crippen molar-refractivity contribution in [1.29, 1.82) is 0 Å². The van der Waals surface area contributed by atoms with Crippen LogP contribution in [0.3, 0.4) is 0 Å². The molecule has 0 saturated carbocycles. The predicted octanol–water partition coefficient (Wildman–Crippen LogP) is 0.774. The minimum Gasteiger partial charge on any atom is -0.497 e. The molecule has 1 aromatic carbocycles. The molecule has 0 amide bonds. The monoisotopic (exact) mass is 235 g/mol. The second-order valence-corrected chi connectivity index (χ2v) is 4.54. The molecule has 0 aromatic heterocycles. The van der Waals surface area contributed by atoms with Gasteiger partial charge in [-0.1, -0.05) is 0 Å². The number of rotatable bonds is 3. The Labute approximate surface area is 103 Å². The highest BCUT2D eigenvalue weighted by Crippen LogP contribution is 2.22. The second kappa shape index (κ2) is 5.38. The molecule has 17 heavy (non-hydrogen) atoms. The molecule has 4 nitrogen and oxygen atoms in total. The fourth-order valence-electron chi connectivity index (χ4n) is 2.33. The first-order chi connectivity index (χ1) is 8.24. The summed E-state index contributed by atoms with van der Waals surface area (Å²) in [4.78, 5) is 4.72. The summed E-state index contributed by atoms with van der Waals surface area (Å²) in [6.07, 6.45) is 0. The van der Waals surface area contributed by atoms with Crippen LogP contribution in [0.5, 0.6) is 5.75 Å². The van der Waals surface area contributed by atoms with Crippen LogP contribution in [0, 0.1) is 0 Å². The predicted molar refractivity (Wildman–Crippen MR) is 70.7 cm³/mol. The van der Waals surface area contributed by atoms with Crippen LogP contribution in [0.1, 0.15) is 0 Å². The van der Waals surface area contributed by atoms with Crippen molar-refractivity contribution in [3.05, 3.63) is 24.3 Å². The number of likely N-dealkylation sites (N-methyl/N-ethyl adjacent to an activating group) is 1. The Balaban J connectivity index is 2.13. The fraction of sp³-hybridized carbons (Fsp3) is 0.538. The molecule has 1 saturated heterocycles. The largest absolute Gasteiger partial charge is 0.497 e. The summed E-state index contributed by atoms with van der Waals surface area (Å²) < 4.78 is 5.18. The van der Waals surface area contributed by atoms with Gasteiger partial charge in [-0.05, 0) is 31.3 Å². The summed E-state index contributed by atoms with van der Waals surface area (Å²) in [7, 11) is 3.83. The third-order valence-corrected chi connectivity index (χ3v) is 3.36. The zero-order valence-corrected chi connectivity index (χ0v) is 10.6. The average Bonchev–Trinajstić information content (AvgIpc) is 2.39. The highest BCUT2D eigenvalue weighted by atomic mass is 16.5. The Morgan fingerprint density at radius 2 is 2.00 bits per heavy atom. The van der Waals surface area contributed by atoms with Gasteiger partial charge in [-0.25, -0.2) is 0 Å². The summed E-state index contributed by atoms with van der Waals surface area (Å²) in [6, 6.07) is 8.62. The van der Waals surface area contributed by atoms with Gasteiger partial charge >= 0.3 is 0 Å². The van der Waals surface area contributed by atoms with Gasteiger partial charge in [-0.2, -0.15) is 0 Å². The molecular weight excluding hydrogens is 214 g/mol. The number of ether oxygens (including phenoxy) is 1. The molecule has 1 aliphatic rings. The lowest BCUT2D eigenvalue weighted by atomic mass is 10.1. The minimum absolute atomic E-state index is 0.405. The zero-order valence-electron chi connectivity index (χ0n) is 10.6. The molecule has 2 N–H and O–H groups in total. The summed E-state index contributed by atoms with van der Waals surface area (Å²) in [5.41, 5.74) is 7.09. The minimum atomic E-state index is 0.405. The van der Waals surface area contributed by atoms with Crippen LogP contribution >= 0.6 is 0 Å². The quantitative estimate of drug-likeness (QED) is 0.840. The van der Waals surface area contributed by atoms with E-state index in [1.54, 1.807) is 7.11 Å². The van der Waals surface area contributed by atoms with E-state index in [9.17, 15) is 0 Å². The molecule has 0 aliphatic carbocycles. The van der Waals surface area contributed by atoms with Crippen LogP contribution in [-0.2, 0) is 0 Å². The maximum absolute atomic E-state index is 5.86. The van der Waals surface area contributed by atoms with Gasteiger partial charge in [-0.3, -0.25) is 0 Å². The van der Waals surface area contributed by atoms with E-state index < -0.39 is 0 Å². The Hall–Kier alpha value is -1.26. The van der Waals surface area contributed by atoms with E-state index in [-0.39, 0.29) is 0 Å². The first kappa shape index (κ1) is 12.2. The van der Waals surface area contributed by atoms with E-state index in [4.69, 9.17) is 10.5 Å². The molecule has 94 valence electrons. The number of hydrogen-bond donors (Lipinski definition) is 1. The smallest absolute Gasteiger partial charge is 0.119 e. The van der Waals surface area contributed by atoms with Crippen LogP contribution in [-0.4, -0.2) is 51.3 Å². The van der Waals surface area contributed by atoms with Gasteiger partial charge in [0, 0.05) is 31.9 Å². The van der Waals surface area contributed by atoms with Crippen molar-refractivity contribution in [2.24, 2.45) is 5.73 Å². The third-order valence-electron chi connectivity index (χ3n) is 3.36. The van der Waals surface area contributed by atoms with E-state index in [0.29, 0.717) is 12.6 Å². The molecule has 1 fully saturated rings. The summed E-state index contributed by atoms with van der Waals surface area (Å²) in [5.74, 6) is 0.896. The van der Waals surface area contributed by atoms with Crippen molar-refractivity contribution in [3.8, 4) is 5.75 Å². The molecule has 1 aliphatic heterocycles. The van der Waals surface area contributed by atoms with Gasteiger partial charge in [0.15, 0.2) is 0 Å². The van der Waals surface area contributed by atoms with Gasteiger partial charge in [0.1, 0.15) is 5.75 Å². The number of hydrogen-bond acceptors (Lipinski definition) is 4. The highest BCUT2D eigenvalue weighted by molar-refractivity contribution is 5.50. The topological polar surface area (TPSA) is 41.7 Å². The maximum atomic E-state index is 5.86. The summed E-state index contributed by atoms with van der Waals surface area (Å²) in [6.45, 7) is 3.84. The first-order valence-corrected chi connectivity index (χ1v) is 6.04. The number of nitrogens with zero attached hydrogens (tertiary/aromatic N) is 2. The van der Waals surface area contributed by atoms with Gasteiger partial charge in [0.25, 0.3) is 0 Å². The van der Waals surface area contributed by atoms with E-state index >= 15 is 0 Å². The van der Waals surface area contributed by atoms with Crippen molar-refractivity contribution in [2.45, 2.75) is 6.04 Å². The number of nitrogens with two attached hydrogens (primary N) is 1. The van der Waals surface area contributed by atoms with Crippen LogP contribution < -0.4 is 15.4 Å². The Kier molecular flexibility index (Phi) is 3.86. The summed E-state index contributed by atoms with van der Waals surface area (Å²) >= 11 is 0. The van der Waals surface area contributed by atoms with E-state index in [1.807, 2.05) is 12.1 Å². The third kappa shape index (κ3) is 2.70. The zero-order chi connectivity index (χ0) is 12.3. The van der Waals surface area contributed by atoms with Crippen molar-refractivity contribution in [2.75, 3.05) is 45.2 Å². The van der Waals surface area contributed by atoms with Crippen LogP contribution in [0.4, 0.5) is 5.69 Å². The lowest BCUT2D eigenvalue weighted by Gasteiger charge is -2.41. The van der Waals surface area contributed by atoms with Gasteiger partial charge < -0.3 is 20.3 Å². The lowest BCUT2D eigenvalue weighted by Crippen LogP contribution is -2.55. The molecule has 0 spiro atoms. The van der Waals surface area contributed by atoms with Crippen LogP contribution in [0.15, 0.2) is 24.3 Å². The average molecular weight is 235 g/mol. The summed E-state index contributed by atoms with van der Waals surface area (Å²) in [5, 5.41) is 0. The molecule has 2 rings (SSSR count). The Morgan fingerprint density at radius 1 is 1.29 bits per heavy atom. The van der Waals surface area contributed by atoms with Crippen molar-refractivity contribution in [1.82, 2.24) is 4.90 Å². The normalized spacial score (nSPS) is 21.6. The number of anilines is 1. The molecule has 0 radical (unpaired) electrons. The molecule has 4 heteroatoms. The SMILES string of the molecule is COc1ccc(N2CCN(C)CC2CN)cc1. The van der Waals surface area contributed by atoms with E-state index in [0.717, 1.165) is 25.4 Å². The Bertz CT molecular complexity index is 352. The first-order valence-electron chi connectivity index (χ1n) is 6.04. The van der Waals surface area contributed by atoms with E-state index in [1.165, 1.54) is 5.69 Å². The highest BCUT2D eigenvalue weighted by Gasteiger charge is 2.23. The van der Waals surface area contributed by atoms with Crippen LogP contribution in [0.25, 0.3) is 0 Å². The van der Waals surface area contributed by atoms with Crippen LogP contribution in [0.2, 0.25) is 0 Å². The lowest BCUT2D eigenvalue weighted by molar-refractivity contribution is 0.269. The molecular formula is C13H21N3O. The fourth-order valence-corrected chi connectivity index (χ4v) is 2.33. The molecule has 1 aromatic rings. The molecule has 1 atom stereocenters. The second-order valence-electron chi connectivity index (χ2n) is 4.54.